The summed E-state index contributed by atoms with van der Waals surface area (Å²) in [4.78, 5) is 4.96. The molecule has 2 atom stereocenters. The van der Waals surface area contributed by atoms with Crippen molar-refractivity contribution in [3.8, 4) is 0 Å². The molecule has 0 saturated carbocycles. The molecule has 4 nitrogen and oxygen atoms in total. The van der Waals surface area contributed by atoms with Gasteiger partial charge < -0.3 is 20.6 Å². The van der Waals surface area contributed by atoms with Gasteiger partial charge in [0, 0.05) is 17.6 Å². The third kappa shape index (κ3) is 4.50. The summed E-state index contributed by atoms with van der Waals surface area (Å²) >= 11 is 0. The fourth-order valence-electron chi connectivity index (χ4n) is 2.89. The minimum atomic E-state index is -0.461. The van der Waals surface area contributed by atoms with Gasteiger partial charge in [0.25, 0.3) is 0 Å². The quantitative estimate of drug-likeness (QED) is 0.742. The van der Waals surface area contributed by atoms with Gasteiger partial charge in [0.05, 0.1) is 6.61 Å². The molecule has 2 unspecified atom stereocenters. The molecule has 0 bridgehead atoms. The first kappa shape index (κ1) is 15.9. The summed E-state index contributed by atoms with van der Waals surface area (Å²) in [7, 11) is 2.20. The highest BCUT2D eigenvalue weighted by atomic mass is 16.3. The number of piperidine rings is 1. The highest BCUT2D eigenvalue weighted by Gasteiger charge is 2.28. The van der Waals surface area contributed by atoms with Crippen molar-refractivity contribution in [3.63, 3.8) is 0 Å². The zero-order chi connectivity index (χ0) is 13.8. The topological polar surface area (TPSA) is 52.7 Å². The van der Waals surface area contributed by atoms with E-state index in [-0.39, 0.29) is 6.61 Å². The molecule has 0 amide bonds. The van der Waals surface area contributed by atoms with Gasteiger partial charge in [-0.3, -0.25) is 0 Å². The number of aliphatic hydroxyl groups excluding tert-OH is 1. The molecule has 0 aromatic rings. The maximum Gasteiger partial charge on any atom is 0.0609 e. The highest BCUT2D eigenvalue weighted by molar-refractivity contribution is 4.86. The van der Waals surface area contributed by atoms with E-state index < -0.39 is 5.54 Å². The van der Waals surface area contributed by atoms with Crippen LogP contribution in [0.15, 0.2) is 0 Å². The van der Waals surface area contributed by atoms with Gasteiger partial charge in [-0.2, -0.15) is 0 Å². The van der Waals surface area contributed by atoms with Crippen LogP contribution in [0.25, 0.3) is 0 Å². The molecule has 3 N–H and O–H groups in total. The Balaban J connectivity index is 2.42. The van der Waals surface area contributed by atoms with E-state index in [9.17, 15) is 5.11 Å². The predicted octanol–water partition coefficient (Wildman–Crippen LogP) is 0.891. The van der Waals surface area contributed by atoms with Crippen molar-refractivity contribution in [2.75, 3.05) is 33.3 Å². The van der Waals surface area contributed by atoms with Gasteiger partial charge in [0.15, 0.2) is 0 Å². The SMILES string of the molecule is CCN1CCC(N(C)C(C)CC(C)(N)CO)CC1. The lowest BCUT2D eigenvalue weighted by Gasteiger charge is -2.40. The lowest BCUT2D eigenvalue weighted by atomic mass is 9.93. The van der Waals surface area contributed by atoms with Crippen LogP contribution in [0.4, 0.5) is 0 Å². The zero-order valence-electron chi connectivity index (χ0n) is 12.5. The molecule has 1 rings (SSSR count). The number of aliphatic hydroxyl groups is 1. The third-order valence-corrected chi connectivity index (χ3v) is 4.40. The van der Waals surface area contributed by atoms with Crippen molar-refractivity contribution < 1.29 is 5.11 Å². The summed E-state index contributed by atoms with van der Waals surface area (Å²) in [5.74, 6) is 0. The molecule has 1 fully saturated rings. The predicted molar refractivity (Wildman–Crippen MR) is 76.7 cm³/mol. The summed E-state index contributed by atoms with van der Waals surface area (Å²) in [6.45, 7) is 10.0. The van der Waals surface area contributed by atoms with Crippen LogP contribution in [-0.4, -0.2) is 65.8 Å². The van der Waals surface area contributed by atoms with Gasteiger partial charge in [-0.05, 0) is 59.8 Å². The van der Waals surface area contributed by atoms with Crippen molar-refractivity contribution in [3.05, 3.63) is 0 Å². The lowest BCUT2D eigenvalue weighted by molar-refractivity contribution is 0.0829. The van der Waals surface area contributed by atoms with Crippen LogP contribution in [0.5, 0.6) is 0 Å². The molecule has 18 heavy (non-hydrogen) atoms. The largest absolute Gasteiger partial charge is 0.394 e. The molecule has 1 aliphatic heterocycles. The Morgan fingerprint density at radius 2 is 2.00 bits per heavy atom. The van der Waals surface area contributed by atoms with Crippen LogP contribution < -0.4 is 5.73 Å². The number of hydrogen-bond acceptors (Lipinski definition) is 4. The van der Waals surface area contributed by atoms with Crippen molar-refractivity contribution in [2.24, 2.45) is 5.73 Å². The van der Waals surface area contributed by atoms with E-state index >= 15 is 0 Å². The highest BCUT2D eigenvalue weighted by Crippen LogP contribution is 2.20. The van der Waals surface area contributed by atoms with Crippen molar-refractivity contribution in [1.82, 2.24) is 9.80 Å². The molecule has 1 saturated heterocycles. The number of likely N-dealkylation sites (tertiary alicyclic amines) is 1. The van der Waals surface area contributed by atoms with Crippen molar-refractivity contribution >= 4 is 0 Å². The lowest BCUT2D eigenvalue weighted by Crippen LogP contribution is -2.51. The Labute approximate surface area is 112 Å². The second-order valence-electron chi connectivity index (χ2n) is 6.20. The summed E-state index contributed by atoms with van der Waals surface area (Å²) in [5, 5.41) is 9.25. The van der Waals surface area contributed by atoms with E-state index in [2.05, 4.69) is 30.7 Å². The summed E-state index contributed by atoms with van der Waals surface area (Å²) in [5.41, 5.74) is 5.58. The van der Waals surface area contributed by atoms with Gasteiger partial charge >= 0.3 is 0 Å². The number of nitrogens with zero attached hydrogens (tertiary/aromatic N) is 2. The second-order valence-corrected chi connectivity index (χ2v) is 6.20. The van der Waals surface area contributed by atoms with Crippen LogP contribution in [0, 0.1) is 0 Å². The van der Waals surface area contributed by atoms with Crippen LogP contribution in [0.3, 0.4) is 0 Å². The number of hydrogen-bond donors (Lipinski definition) is 2. The summed E-state index contributed by atoms with van der Waals surface area (Å²) in [6.07, 6.45) is 3.33. The molecule has 1 aliphatic rings. The molecule has 108 valence electrons. The van der Waals surface area contributed by atoms with Crippen molar-refractivity contribution in [1.29, 1.82) is 0 Å². The first-order valence-electron chi connectivity index (χ1n) is 7.23. The maximum absolute atomic E-state index is 9.25. The molecule has 0 aliphatic carbocycles. The van der Waals surface area contributed by atoms with E-state index in [1.54, 1.807) is 0 Å². The van der Waals surface area contributed by atoms with Crippen LogP contribution in [-0.2, 0) is 0 Å². The molecular formula is C14H31N3O. The minimum Gasteiger partial charge on any atom is -0.394 e. The van der Waals surface area contributed by atoms with Crippen LogP contribution in [0.1, 0.15) is 40.0 Å². The first-order chi connectivity index (χ1) is 8.39. The molecule has 4 heteroatoms. The maximum atomic E-state index is 9.25. The Hall–Kier alpha value is -0.160. The van der Waals surface area contributed by atoms with Gasteiger partial charge in [0.2, 0.25) is 0 Å². The Morgan fingerprint density at radius 3 is 2.44 bits per heavy atom. The minimum absolute atomic E-state index is 0.0550. The second kappa shape index (κ2) is 6.85. The molecule has 0 aromatic heterocycles. The molecule has 1 heterocycles. The monoisotopic (exact) mass is 257 g/mol. The van der Waals surface area contributed by atoms with E-state index in [1.807, 2.05) is 6.92 Å². The Bertz CT molecular complexity index is 237. The smallest absolute Gasteiger partial charge is 0.0609 e. The fraction of sp³-hybridized carbons (Fsp3) is 1.00. The average molecular weight is 257 g/mol. The average Bonchev–Trinajstić information content (AvgIpc) is 2.37. The summed E-state index contributed by atoms with van der Waals surface area (Å²) in [6, 6.07) is 1.09. The van der Waals surface area contributed by atoms with E-state index in [1.165, 1.54) is 25.9 Å². The van der Waals surface area contributed by atoms with E-state index in [0.717, 1.165) is 13.0 Å². The summed E-state index contributed by atoms with van der Waals surface area (Å²) < 4.78 is 0. The van der Waals surface area contributed by atoms with Gasteiger partial charge in [0.1, 0.15) is 0 Å². The van der Waals surface area contributed by atoms with Gasteiger partial charge in [-0.15, -0.1) is 0 Å². The number of rotatable bonds is 6. The molecular weight excluding hydrogens is 226 g/mol. The molecule has 0 spiro atoms. The fourth-order valence-corrected chi connectivity index (χ4v) is 2.89. The van der Waals surface area contributed by atoms with Gasteiger partial charge in [-0.25, -0.2) is 0 Å². The first-order valence-corrected chi connectivity index (χ1v) is 7.23. The van der Waals surface area contributed by atoms with E-state index in [4.69, 9.17) is 5.73 Å². The van der Waals surface area contributed by atoms with E-state index in [0.29, 0.717) is 12.1 Å². The Kier molecular flexibility index (Phi) is 6.05. The van der Waals surface area contributed by atoms with Crippen molar-refractivity contribution in [2.45, 2.75) is 57.7 Å². The normalized spacial score (nSPS) is 24.2. The molecule has 0 radical (unpaired) electrons. The van der Waals surface area contributed by atoms with Crippen LogP contribution >= 0.6 is 0 Å². The standard InChI is InChI=1S/C14H31N3O/c1-5-17-8-6-13(7-9-17)16(4)12(2)10-14(3,15)11-18/h12-13,18H,5-11,15H2,1-4H3. The zero-order valence-corrected chi connectivity index (χ0v) is 12.5. The Morgan fingerprint density at radius 1 is 1.44 bits per heavy atom. The number of nitrogens with two attached hydrogens (primary N) is 1. The van der Waals surface area contributed by atoms with Gasteiger partial charge in [-0.1, -0.05) is 6.92 Å². The van der Waals surface area contributed by atoms with Crippen LogP contribution in [0.2, 0.25) is 0 Å². The third-order valence-electron chi connectivity index (χ3n) is 4.40. The molecule has 0 aromatic carbocycles.